The van der Waals surface area contributed by atoms with Crippen molar-refractivity contribution >= 4 is 28.2 Å². The summed E-state index contributed by atoms with van der Waals surface area (Å²) in [7, 11) is 0. The molecular weight excluding hydrogens is 362 g/mol. The van der Waals surface area contributed by atoms with Crippen LogP contribution in [0, 0.1) is 6.92 Å². The molecule has 27 heavy (non-hydrogen) atoms. The first kappa shape index (κ1) is 18.0. The van der Waals surface area contributed by atoms with Gasteiger partial charge in [0.1, 0.15) is 17.5 Å². The molecule has 1 aliphatic heterocycles. The van der Waals surface area contributed by atoms with Gasteiger partial charge in [-0.2, -0.15) is 0 Å². The number of fused-ring (bicyclic) bond motifs is 1. The number of aromatic nitrogens is 2. The molecule has 1 N–H and O–H groups in total. The van der Waals surface area contributed by atoms with Gasteiger partial charge in [0.05, 0.1) is 18.2 Å². The number of aryl methyl sites for hydroxylation is 1. The van der Waals surface area contributed by atoms with Crippen molar-refractivity contribution in [3.8, 4) is 5.75 Å². The van der Waals surface area contributed by atoms with Gasteiger partial charge in [0.25, 0.3) is 0 Å². The highest BCUT2D eigenvalue weighted by Gasteiger charge is 2.25. The number of pyridine rings is 2. The van der Waals surface area contributed by atoms with Gasteiger partial charge in [0.2, 0.25) is 0 Å². The molecule has 1 atom stereocenters. The molecule has 1 fully saturated rings. The van der Waals surface area contributed by atoms with E-state index in [9.17, 15) is 5.11 Å². The molecule has 0 bridgehead atoms. The first-order chi connectivity index (χ1) is 13.2. The molecule has 1 aliphatic rings. The lowest BCUT2D eigenvalue weighted by Crippen LogP contribution is -2.32. The second-order valence-electron chi connectivity index (χ2n) is 6.88. The van der Waals surface area contributed by atoms with Gasteiger partial charge in [-0.25, -0.2) is 4.98 Å². The van der Waals surface area contributed by atoms with Crippen molar-refractivity contribution in [2.24, 2.45) is 0 Å². The lowest BCUT2D eigenvalue weighted by atomic mass is 10.1. The molecule has 3 aromatic rings. The molecule has 0 saturated carbocycles. The summed E-state index contributed by atoms with van der Waals surface area (Å²) in [6, 6.07) is 12.0. The molecular formula is C21H22ClN3O2. The number of nitrogens with zero attached hydrogens (tertiary/aromatic N) is 3. The summed E-state index contributed by atoms with van der Waals surface area (Å²) in [6.45, 7) is 3.49. The first-order valence-corrected chi connectivity index (χ1v) is 9.54. The van der Waals surface area contributed by atoms with Gasteiger partial charge in [0, 0.05) is 41.1 Å². The summed E-state index contributed by atoms with van der Waals surface area (Å²) in [5.74, 6) is 0.742. The van der Waals surface area contributed by atoms with Crippen LogP contribution in [0.15, 0.2) is 42.6 Å². The van der Waals surface area contributed by atoms with Crippen molar-refractivity contribution in [3.05, 3.63) is 59.0 Å². The van der Waals surface area contributed by atoms with Gasteiger partial charge in [-0.15, -0.1) is 0 Å². The van der Waals surface area contributed by atoms with Gasteiger partial charge in [-0.05, 0) is 44.0 Å². The van der Waals surface area contributed by atoms with E-state index in [4.69, 9.17) is 16.3 Å². The van der Waals surface area contributed by atoms with E-state index < -0.39 is 0 Å². The van der Waals surface area contributed by atoms with E-state index in [1.165, 1.54) is 0 Å². The zero-order valence-corrected chi connectivity index (χ0v) is 16.0. The third-order valence-electron chi connectivity index (χ3n) is 5.02. The number of hydrogen-bond acceptors (Lipinski definition) is 5. The normalized spacial score (nSPS) is 16.9. The number of benzene rings is 1. The predicted octanol–water partition coefficient (Wildman–Crippen LogP) is 4.13. The standard InChI is InChI=1S/C21H22ClN3O2/c1-14-10-20(25-9-3-5-16(25)12-26)18-7-6-17(11-19(18)24-14)27-13-15-4-2-8-23-21(15)22/h2,4,6-8,10-11,16,26H,3,5,9,12-13H2,1H3. The Morgan fingerprint density at radius 3 is 3.00 bits per heavy atom. The molecule has 0 aliphatic carbocycles. The van der Waals surface area contributed by atoms with E-state index in [1.807, 2.05) is 37.3 Å². The summed E-state index contributed by atoms with van der Waals surface area (Å²) in [6.07, 6.45) is 3.78. The Morgan fingerprint density at radius 2 is 2.19 bits per heavy atom. The molecule has 1 saturated heterocycles. The van der Waals surface area contributed by atoms with Crippen LogP contribution in [-0.2, 0) is 6.61 Å². The number of rotatable bonds is 5. The Kier molecular flexibility index (Phi) is 5.14. The molecule has 1 aromatic carbocycles. The number of aliphatic hydroxyl groups is 1. The largest absolute Gasteiger partial charge is 0.489 e. The Morgan fingerprint density at radius 1 is 1.30 bits per heavy atom. The number of ether oxygens (including phenoxy) is 1. The van der Waals surface area contributed by atoms with Crippen LogP contribution >= 0.6 is 11.6 Å². The molecule has 3 heterocycles. The van der Waals surface area contributed by atoms with Crippen molar-refractivity contribution < 1.29 is 9.84 Å². The summed E-state index contributed by atoms with van der Waals surface area (Å²) in [5, 5.41) is 11.2. The average molecular weight is 384 g/mol. The van der Waals surface area contributed by atoms with Crippen LogP contribution in [0.25, 0.3) is 10.9 Å². The van der Waals surface area contributed by atoms with Crippen LogP contribution < -0.4 is 9.64 Å². The summed E-state index contributed by atoms with van der Waals surface area (Å²) in [5.41, 5.74) is 3.83. The molecule has 0 spiro atoms. The van der Waals surface area contributed by atoms with Crippen LogP contribution in [0.1, 0.15) is 24.1 Å². The number of anilines is 1. The maximum Gasteiger partial charge on any atom is 0.135 e. The van der Waals surface area contributed by atoms with Crippen molar-refractivity contribution in [1.29, 1.82) is 0 Å². The highest BCUT2D eigenvalue weighted by molar-refractivity contribution is 6.30. The Balaban J connectivity index is 1.64. The SMILES string of the molecule is Cc1cc(N2CCCC2CO)c2ccc(OCc3cccnc3Cl)cc2n1. The van der Waals surface area contributed by atoms with Crippen LogP contribution in [0.3, 0.4) is 0 Å². The second-order valence-corrected chi connectivity index (χ2v) is 7.23. The van der Waals surface area contributed by atoms with Crippen molar-refractivity contribution in [1.82, 2.24) is 9.97 Å². The molecule has 4 rings (SSSR count). The van der Waals surface area contributed by atoms with Crippen LogP contribution in [-0.4, -0.2) is 34.3 Å². The molecule has 0 amide bonds. The van der Waals surface area contributed by atoms with Crippen LogP contribution in [0.4, 0.5) is 5.69 Å². The molecule has 140 valence electrons. The smallest absolute Gasteiger partial charge is 0.135 e. The zero-order chi connectivity index (χ0) is 18.8. The minimum Gasteiger partial charge on any atom is -0.489 e. The van der Waals surface area contributed by atoms with E-state index in [1.54, 1.807) is 6.20 Å². The van der Waals surface area contributed by atoms with Crippen LogP contribution in [0.2, 0.25) is 5.15 Å². The Labute approximate surface area is 163 Å². The number of hydrogen-bond donors (Lipinski definition) is 1. The van der Waals surface area contributed by atoms with E-state index in [0.29, 0.717) is 11.8 Å². The monoisotopic (exact) mass is 383 g/mol. The van der Waals surface area contributed by atoms with Gasteiger partial charge < -0.3 is 14.7 Å². The predicted molar refractivity (Wildman–Crippen MR) is 108 cm³/mol. The van der Waals surface area contributed by atoms with Crippen molar-refractivity contribution in [3.63, 3.8) is 0 Å². The summed E-state index contributed by atoms with van der Waals surface area (Å²) < 4.78 is 5.91. The quantitative estimate of drug-likeness (QED) is 0.671. The molecule has 2 aromatic heterocycles. The molecule has 6 heteroatoms. The Bertz CT molecular complexity index is 963. The summed E-state index contributed by atoms with van der Waals surface area (Å²) in [4.78, 5) is 11.1. The highest BCUT2D eigenvalue weighted by atomic mass is 35.5. The Hall–Kier alpha value is -2.37. The topological polar surface area (TPSA) is 58.5 Å². The number of halogens is 1. The molecule has 1 unspecified atom stereocenters. The second kappa shape index (κ2) is 7.71. The lowest BCUT2D eigenvalue weighted by molar-refractivity contribution is 0.266. The van der Waals surface area contributed by atoms with E-state index in [2.05, 4.69) is 20.9 Å². The van der Waals surface area contributed by atoms with E-state index in [0.717, 1.165) is 53.0 Å². The van der Waals surface area contributed by atoms with Crippen molar-refractivity contribution in [2.45, 2.75) is 32.4 Å². The van der Waals surface area contributed by atoms with Gasteiger partial charge >= 0.3 is 0 Å². The fourth-order valence-corrected chi connectivity index (χ4v) is 3.85. The van der Waals surface area contributed by atoms with Gasteiger partial charge in [-0.3, -0.25) is 4.98 Å². The lowest BCUT2D eigenvalue weighted by Gasteiger charge is -2.27. The first-order valence-electron chi connectivity index (χ1n) is 9.17. The maximum absolute atomic E-state index is 9.69. The fraction of sp³-hybridized carbons (Fsp3) is 0.333. The average Bonchev–Trinajstić information content (AvgIpc) is 3.15. The van der Waals surface area contributed by atoms with Gasteiger partial charge in [-0.1, -0.05) is 17.7 Å². The molecule has 5 nitrogen and oxygen atoms in total. The minimum atomic E-state index is 0.177. The zero-order valence-electron chi connectivity index (χ0n) is 15.2. The third kappa shape index (κ3) is 3.70. The van der Waals surface area contributed by atoms with Crippen LogP contribution in [0.5, 0.6) is 5.75 Å². The van der Waals surface area contributed by atoms with Crippen molar-refractivity contribution in [2.75, 3.05) is 18.1 Å². The number of aliphatic hydroxyl groups excluding tert-OH is 1. The minimum absolute atomic E-state index is 0.177. The highest BCUT2D eigenvalue weighted by Crippen LogP contribution is 2.34. The maximum atomic E-state index is 9.69. The third-order valence-corrected chi connectivity index (χ3v) is 5.36. The van der Waals surface area contributed by atoms with Gasteiger partial charge in [0.15, 0.2) is 0 Å². The van der Waals surface area contributed by atoms with E-state index in [-0.39, 0.29) is 12.6 Å². The molecule has 0 radical (unpaired) electrons. The fourth-order valence-electron chi connectivity index (χ4n) is 3.68. The van der Waals surface area contributed by atoms with E-state index >= 15 is 0 Å². The summed E-state index contributed by atoms with van der Waals surface area (Å²) >= 11 is 6.10.